The molecule has 0 spiro atoms. The SMILES string of the molecule is CCCCCCCCCCCCCCCCCCc1ccoc1P(=O)(OC)OC(C)O. The third kappa shape index (κ3) is 12.9. The molecule has 0 aliphatic rings. The van der Waals surface area contributed by atoms with Crippen LogP contribution < -0.4 is 5.50 Å². The molecule has 1 aromatic rings. The van der Waals surface area contributed by atoms with Gasteiger partial charge >= 0.3 is 7.60 Å². The molecule has 0 aromatic carbocycles. The van der Waals surface area contributed by atoms with Crippen LogP contribution >= 0.6 is 7.60 Å². The van der Waals surface area contributed by atoms with Gasteiger partial charge in [-0.1, -0.05) is 103 Å². The van der Waals surface area contributed by atoms with Gasteiger partial charge < -0.3 is 14.0 Å². The summed E-state index contributed by atoms with van der Waals surface area (Å²) in [6.07, 6.45) is 22.5. The maximum atomic E-state index is 12.7. The molecule has 2 atom stereocenters. The zero-order valence-corrected chi connectivity index (χ0v) is 21.2. The van der Waals surface area contributed by atoms with Crippen molar-refractivity contribution in [3.05, 3.63) is 17.9 Å². The van der Waals surface area contributed by atoms with Crippen LogP contribution in [0, 0.1) is 0 Å². The number of hydrogen-bond acceptors (Lipinski definition) is 5. The number of hydrogen-bond donors (Lipinski definition) is 1. The minimum absolute atomic E-state index is 0.219. The Labute approximate surface area is 190 Å². The molecular formula is C25H47O5P. The minimum atomic E-state index is -3.61. The molecule has 0 fully saturated rings. The van der Waals surface area contributed by atoms with Gasteiger partial charge in [0.25, 0.3) is 0 Å². The molecule has 31 heavy (non-hydrogen) atoms. The summed E-state index contributed by atoms with van der Waals surface area (Å²) in [5.41, 5.74) is 1.06. The number of aryl methyl sites for hydroxylation is 1. The lowest BCUT2D eigenvalue weighted by molar-refractivity contribution is -0.00864. The van der Waals surface area contributed by atoms with E-state index in [0.29, 0.717) is 0 Å². The van der Waals surface area contributed by atoms with Crippen LogP contribution in [0.15, 0.2) is 16.7 Å². The van der Waals surface area contributed by atoms with Gasteiger partial charge in [0.2, 0.25) is 5.50 Å². The van der Waals surface area contributed by atoms with E-state index in [1.54, 1.807) is 0 Å². The van der Waals surface area contributed by atoms with Gasteiger partial charge in [0.1, 0.15) is 0 Å². The molecule has 0 bridgehead atoms. The second-order valence-electron chi connectivity index (χ2n) is 8.69. The Bertz CT molecular complexity index is 584. The molecule has 0 saturated heterocycles. The first kappa shape index (κ1) is 28.4. The first-order valence-corrected chi connectivity index (χ1v) is 14.2. The van der Waals surface area contributed by atoms with E-state index in [-0.39, 0.29) is 5.50 Å². The van der Waals surface area contributed by atoms with E-state index in [1.165, 1.54) is 110 Å². The fourth-order valence-electron chi connectivity index (χ4n) is 4.00. The van der Waals surface area contributed by atoms with E-state index in [9.17, 15) is 9.67 Å². The van der Waals surface area contributed by atoms with E-state index in [2.05, 4.69) is 6.92 Å². The third-order valence-electron chi connectivity index (χ3n) is 5.80. The lowest BCUT2D eigenvalue weighted by atomic mass is 10.0. The van der Waals surface area contributed by atoms with Crippen molar-refractivity contribution in [1.29, 1.82) is 0 Å². The molecule has 182 valence electrons. The van der Waals surface area contributed by atoms with Gasteiger partial charge in [-0.3, -0.25) is 9.09 Å². The van der Waals surface area contributed by atoms with E-state index in [0.717, 1.165) is 24.8 Å². The van der Waals surface area contributed by atoms with Crippen LogP contribution in [0.4, 0.5) is 0 Å². The molecule has 0 amide bonds. The van der Waals surface area contributed by atoms with Crippen LogP contribution in [-0.2, 0) is 20.0 Å². The quantitative estimate of drug-likeness (QED) is 0.115. The van der Waals surface area contributed by atoms with Gasteiger partial charge in [0.15, 0.2) is 6.29 Å². The molecule has 6 heteroatoms. The van der Waals surface area contributed by atoms with E-state index >= 15 is 0 Å². The van der Waals surface area contributed by atoms with Crippen molar-refractivity contribution in [2.45, 2.75) is 129 Å². The third-order valence-corrected chi connectivity index (χ3v) is 7.76. The van der Waals surface area contributed by atoms with E-state index in [4.69, 9.17) is 13.5 Å². The van der Waals surface area contributed by atoms with Crippen LogP contribution in [0.5, 0.6) is 0 Å². The Hall–Kier alpha value is -0.610. The van der Waals surface area contributed by atoms with Crippen LogP contribution in [0.1, 0.15) is 122 Å². The van der Waals surface area contributed by atoms with Gasteiger partial charge in [0, 0.05) is 12.7 Å². The van der Waals surface area contributed by atoms with E-state index < -0.39 is 13.9 Å². The second kappa shape index (κ2) is 17.9. The highest BCUT2D eigenvalue weighted by molar-refractivity contribution is 7.61. The highest BCUT2D eigenvalue weighted by Gasteiger charge is 2.34. The molecule has 2 unspecified atom stereocenters. The normalized spacial score (nSPS) is 14.6. The lowest BCUT2D eigenvalue weighted by Crippen LogP contribution is -2.16. The standard InChI is InChI=1S/C25H47O5P/c1-4-5-6-7-8-9-10-11-12-13-14-15-16-17-18-19-20-24-21-22-29-25(24)31(27,28-3)30-23(2)26/h21-23,26H,4-20H2,1-3H3. The molecule has 1 heterocycles. The summed E-state index contributed by atoms with van der Waals surface area (Å²) in [6, 6.07) is 1.82. The van der Waals surface area contributed by atoms with Crippen molar-refractivity contribution in [3.8, 4) is 0 Å². The van der Waals surface area contributed by atoms with E-state index in [1.807, 2.05) is 6.07 Å². The van der Waals surface area contributed by atoms with Crippen LogP contribution in [0.25, 0.3) is 0 Å². The summed E-state index contributed by atoms with van der Waals surface area (Å²) in [4.78, 5) is 0. The Morgan fingerprint density at radius 1 is 0.871 bits per heavy atom. The smallest absolute Gasteiger partial charge is 0.398 e. The number of aliphatic hydroxyl groups excluding tert-OH is 1. The maximum Gasteiger partial charge on any atom is 0.398 e. The second-order valence-corrected chi connectivity index (χ2v) is 10.7. The molecule has 0 aliphatic carbocycles. The summed E-state index contributed by atoms with van der Waals surface area (Å²) in [5.74, 6) is 0. The monoisotopic (exact) mass is 458 g/mol. The molecule has 0 saturated carbocycles. The van der Waals surface area contributed by atoms with Gasteiger partial charge in [-0.2, -0.15) is 0 Å². The van der Waals surface area contributed by atoms with Gasteiger partial charge in [-0.05, 0) is 25.8 Å². The predicted octanol–water partition coefficient (Wildman–Crippen LogP) is 7.90. The van der Waals surface area contributed by atoms with Crippen molar-refractivity contribution in [3.63, 3.8) is 0 Å². The number of rotatable bonds is 21. The van der Waals surface area contributed by atoms with Crippen LogP contribution in [0.2, 0.25) is 0 Å². The average molecular weight is 459 g/mol. The maximum absolute atomic E-state index is 12.7. The number of aliphatic hydroxyl groups is 1. The molecular weight excluding hydrogens is 411 g/mol. The highest BCUT2D eigenvalue weighted by Crippen LogP contribution is 2.48. The summed E-state index contributed by atoms with van der Waals surface area (Å²) >= 11 is 0. The summed E-state index contributed by atoms with van der Waals surface area (Å²) < 4.78 is 28.3. The van der Waals surface area contributed by atoms with Crippen molar-refractivity contribution in [2.24, 2.45) is 0 Å². The van der Waals surface area contributed by atoms with Crippen LogP contribution in [0.3, 0.4) is 0 Å². The molecule has 0 aliphatic heterocycles. The van der Waals surface area contributed by atoms with Crippen molar-refractivity contribution >= 4 is 13.1 Å². The first-order chi connectivity index (χ1) is 15.0. The van der Waals surface area contributed by atoms with Crippen molar-refractivity contribution in [1.82, 2.24) is 0 Å². The summed E-state index contributed by atoms with van der Waals surface area (Å²) in [6.45, 7) is 3.68. The first-order valence-electron chi connectivity index (χ1n) is 12.6. The number of unbranched alkanes of at least 4 members (excludes halogenated alkanes) is 15. The lowest BCUT2D eigenvalue weighted by Gasteiger charge is -2.17. The molecule has 5 nitrogen and oxygen atoms in total. The molecule has 1 aromatic heterocycles. The van der Waals surface area contributed by atoms with Gasteiger partial charge in [-0.15, -0.1) is 0 Å². The zero-order chi connectivity index (χ0) is 22.8. The average Bonchev–Trinajstić information content (AvgIpc) is 3.22. The largest absolute Gasteiger partial charge is 0.456 e. The Morgan fingerprint density at radius 3 is 1.74 bits per heavy atom. The fourth-order valence-corrected chi connectivity index (χ4v) is 5.47. The number of furan rings is 1. The van der Waals surface area contributed by atoms with Crippen molar-refractivity contribution < 1.29 is 23.1 Å². The summed E-state index contributed by atoms with van der Waals surface area (Å²) in [7, 11) is -2.30. The molecule has 0 radical (unpaired) electrons. The van der Waals surface area contributed by atoms with Gasteiger partial charge in [0.05, 0.1) is 6.26 Å². The fraction of sp³-hybridized carbons (Fsp3) is 0.840. The van der Waals surface area contributed by atoms with Crippen LogP contribution in [-0.4, -0.2) is 18.5 Å². The Morgan fingerprint density at radius 2 is 1.32 bits per heavy atom. The Kier molecular flexibility index (Phi) is 16.4. The van der Waals surface area contributed by atoms with Crippen molar-refractivity contribution in [2.75, 3.05) is 7.11 Å². The summed E-state index contributed by atoms with van der Waals surface area (Å²) in [5, 5.41) is 9.42. The highest BCUT2D eigenvalue weighted by atomic mass is 31.2. The Balaban J connectivity index is 2.02. The predicted molar refractivity (Wildman–Crippen MR) is 129 cm³/mol. The minimum Gasteiger partial charge on any atom is -0.456 e. The van der Waals surface area contributed by atoms with Gasteiger partial charge in [-0.25, -0.2) is 0 Å². The topological polar surface area (TPSA) is 68.9 Å². The molecule has 1 rings (SSSR count). The molecule has 1 N–H and O–H groups in total. The zero-order valence-electron chi connectivity index (χ0n) is 20.3.